The molecule has 0 atom stereocenters. The van der Waals surface area contributed by atoms with Gasteiger partial charge in [-0.2, -0.15) is 0 Å². The van der Waals surface area contributed by atoms with Gasteiger partial charge >= 0.3 is 0 Å². The van der Waals surface area contributed by atoms with E-state index in [1.165, 1.54) is 10.8 Å². The van der Waals surface area contributed by atoms with Gasteiger partial charge in [-0.3, -0.25) is 9.59 Å². The third-order valence-electron chi connectivity index (χ3n) is 2.79. The highest BCUT2D eigenvalue weighted by atomic mass is 16.3. The van der Waals surface area contributed by atoms with E-state index in [0.29, 0.717) is 11.1 Å². The second-order valence-corrected chi connectivity index (χ2v) is 4.65. The Labute approximate surface area is 116 Å². The molecule has 0 amide bonds. The maximum atomic E-state index is 12.5. The van der Waals surface area contributed by atoms with Crippen LogP contribution in [0.1, 0.15) is 16.1 Å². The summed E-state index contributed by atoms with van der Waals surface area (Å²) < 4.78 is 6.57. The van der Waals surface area contributed by atoms with E-state index in [2.05, 4.69) is 0 Å². The lowest BCUT2D eigenvalue weighted by Gasteiger charge is -2.11. The largest absolute Gasteiger partial charge is 0.461 e. The maximum Gasteiger partial charge on any atom is 0.258 e. The molecule has 0 aliphatic rings. The van der Waals surface area contributed by atoms with Crippen LogP contribution in [0.5, 0.6) is 0 Å². The van der Waals surface area contributed by atoms with Crippen molar-refractivity contribution in [2.24, 2.45) is 7.05 Å². The average Bonchev–Trinajstić information content (AvgIpc) is 2.92. The highest BCUT2D eigenvalue weighted by molar-refractivity contribution is 6.27. The van der Waals surface area contributed by atoms with Gasteiger partial charge in [0.1, 0.15) is 0 Å². The minimum atomic E-state index is -0.313. The number of carbonyl (C=O) groups excluding carboxylic acids is 1. The molecule has 0 N–H and O–H groups in total. The van der Waals surface area contributed by atoms with E-state index in [4.69, 9.17) is 4.42 Å². The Kier molecular flexibility index (Phi) is 3.89. The number of pyridine rings is 1. The first-order valence-corrected chi connectivity index (χ1v) is 6.13. The number of allylic oxidation sites excluding steroid dienone is 1. The van der Waals surface area contributed by atoms with Crippen molar-refractivity contribution in [3.63, 3.8) is 0 Å². The fourth-order valence-corrected chi connectivity index (χ4v) is 1.85. The summed E-state index contributed by atoms with van der Waals surface area (Å²) in [7, 11) is 5.24. The Morgan fingerprint density at radius 1 is 1.30 bits per heavy atom. The number of rotatable bonds is 4. The van der Waals surface area contributed by atoms with Crippen LogP contribution in [-0.2, 0) is 7.05 Å². The van der Waals surface area contributed by atoms with E-state index in [-0.39, 0.29) is 17.1 Å². The third kappa shape index (κ3) is 2.71. The highest BCUT2D eigenvalue weighted by Gasteiger charge is 2.20. The molecule has 20 heavy (non-hydrogen) atoms. The summed E-state index contributed by atoms with van der Waals surface area (Å²) in [4.78, 5) is 26.4. The Bertz CT molecular complexity index is 694. The van der Waals surface area contributed by atoms with Gasteiger partial charge < -0.3 is 13.9 Å². The number of ketones is 1. The van der Waals surface area contributed by atoms with E-state index in [9.17, 15) is 9.59 Å². The van der Waals surface area contributed by atoms with Gasteiger partial charge in [-0.1, -0.05) is 0 Å². The number of Topliss-reactive ketones (excluding diaryl/α,β-unsaturated/α-hetero) is 1. The van der Waals surface area contributed by atoms with Gasteiger partial charge in [0.15, 0.2) is 5.76 Å². The van der Waals surface area contributed by atoms with Gasteiger partial charge in [0.05, 0.1) is 17.4 Å². The fourth-order valence-electron chi connectivity index (χ4n) is 1.85. The molecule has 2 heterocycles. The molecule has 2 aromatic heterocycles. The summed E-state index contributed by atoms with van der Waals surface area (Å²) >= 11 is 0. The van der Waals surface area contributed by atoms with Gasteiger partial charge in [-0.05, 0) is 24.3 Å². The molecule has 5 heteroatoms. The van der Waals surface area contributed by atoms with Crippen molar-refractivity contribution in [3.8, 4) is 0 Å². The molecule has 2 rings (SSSR count). The zero-order valence-electron chi connectivity index (χ0n) is 11.7. The van der Waals surface area contributed by atoms with E-state index in [1.54, 1.807) is 62.7 Å². The van der Waals surface area contributed by atoms with Gasteiger partial charge in [0.2, 0.25) is 5.78 Å². The number of aryl methyl sites for hydroxylation is 1. The Morgan fingerprint density at radius 2 is 2.05 bits per heavy atom. The molecule has 0 spiro atoms. The van der Waals surface area contributed by atoms with Crippen LogP contribution >= 0.6 is 0 Å². The number of carbonyl (C=O) groups is 1. The minimum Gasteiger partial charge on any atom is -0.461 e. The van der Waals surface area contributed by atoms with Crippen molar-refractivity contribution >= 4 is 11.4 Å². The first kappa shape index (κ1) is 13.9. The van der Waals surface area contributed by atoms with Gasteiger partial charge in [-0.15, -0.1) is 0 Å². The molecule has 104 valence electrons. The monoisotopic (exact) mass is 272 g/mol. The SMILES string of the molecule is CN(C)C=C(C(=O)c1ccco1)c1cccn(C)c1=O. The normalized spacial score (nSPS) is 11.4. The van der Waals surface area contributed by atoms with E-state index in [1.807, 2.05) is 0 Å². The number of aromatic nitrogens is 1. The summed E-state index contributed by atoms with van der Waals surface area (Å²) in [5.74, 6) is -0.101. The smallest absolute Gasteiger partial charge is 0.258 e. The van der Waals surface area contributed by atoms with Crippen LogP contribution < -0.4 is 5.56 Å². The van der Waals surface area contributed by atoms with Crippen LogP contribution in [0.2, 0.25) is 0 Å². The fraction of sp³-hybridized carbons (Fsp3) is 0.200. The summed E-state index contributed by atoms with van der Waals surface area (Å²) in [6.07, 6.45) is 4.71. The molecule has 0 aliphatic heterocycles. The van der Waals surface area contributed by atoms with Crippen LogP contribution in [0, 0.1) is 0 Å². The van der Waals surface area contributed by atoms with Crippen molar-refractivity contribution < 1.29 is 9.21 Å². The molecule has 0 aromatic carbocycles. The van der Waals surface area contributed by atoms with E-state index >= 15 is 0 Å². The summed E-state index contributed by atoms with van der Waals surface area (Å²) in [6.45, 7) is 0. The second-order valence-electron chi connectivity index (χ2n) is 4.65. The maximum absolute atomic E-state index is 12.5. The van der Waals surface area contributed by atoms with E-state index < -0.39 is 0 Å². The van der Waals surface area contributed by atoms with Crippen LogP contribution in [0.15, 0.2) is 52.1 Å². The van der Waals surface area contributed by atoms with Crippen molar-refractivity contribution in [2.75, 3.05) is 14.1 Å². The molecular weight excluding hydrogens is 256 g/mol. The molecule has 0 unspecified atom stereocenters. The standard InChI is InChI=1S/C15H16N2O3/c1-16(2)10-12(14(18)13-7-5-9-20-13)11-6-4-8-17(3)15(11)19/h4-10H,1-3H3. The van der Waals surface area contributed by atoms with Crippen LogP contribution in [0.25, 0.3) is 5.57 Å². The predicted octanol–water partition coefficient (Wildman–Crippen LogP) is 1.76. The first-order valence-electron chi connectivity index (χ1n) is 6.13. The lowest BCUT2D eigenvalue weighted by molar-refractivity contribution is 0.103. The lowest BCUT2D eigenvalue weighted by Crippen LogP contribution is -2.22. The summed E-state index contributed by atoms with van der Waals surface area (Å²) in [5, 5.41) is 0. The molecule has 0 radical (unpaired) electrons. The molecular formula is C15H16N2O3. The summed E-state index contributed by atoms with van der Waals surface area (Å²) in [6, 6.07) is 6.59. The van der Waals surface area contributed by atoms with Crippen molar-refractivity contribution in [2.45, 2.75) is 0 Å². The zero-order chi connectivity index (χ0) is 14.7. The average molecular weight is 272 g/mol. The number of furan rings is 1. The Balaban J connectivity index is 2.58. The zero-order valence-corrected chi connectivity index (χ0v) is 11.7. The molecule has 2 aromatic rings. The van der Waals surface area contributed by atoms with Crippen molar-refractivity contribution in [1.29, 1.82) is 0 Å². The molecule has 5 nitrogen and oxygen atoms in total. The topological polar surface area (TPSA) is 55.5 Å². The van der Waals surface area contributed by atoms with E-state index in [0.717, 1.165) is 0 Å². The predicted molar refractivity (Wildman–Crippen MR) is 76.4 cm³/mol. The van der Waals surface area contributed by atoms with Gasteiger partial charge in [0, 0.05) is 33.5 Å². The van der Waals surface area contributed by atoms with Crippen molar-refractivity contribution in [1.82, 2.24) is 9.47 Å². The highest BCUT2D eigenvalue weighted by Crippen LogP contribution is 2.18. The van der Waals surface area contributed by atoms with Gasteiger partial charge in [-0.25, -0.2) is 0 Å². The molecule has 0 fully saturated rings. The number of hydrogen-bond donors (Lipinski definition) is 0. The number of hydrogen-bond acceptors (Lipinski definition) is 4. The summed E-state index contributed by atoms with van der Waals surface area (Å²) in [5.41, 5.74) is 0.441. The lowest BCUT2D eigenvalue weighted by atomic mass is 10.0. The Morgan fingerprint density at radius 3 is 2.65 bits per heavy atom. The van der Waals surface area contributed by atoms with Crippen LogP contribution in [0.3, 0.4) is 0 Å². The first-order chi connectivity index (χ1) is 9.50. The molecule has 0 aliphatic carbocycles. The molecule has 0 bridgehead atoms. The minimum absolute atomic E-state index is 0.212. The van der Waals surface area contributed by atoms with Crippen molar-refractivity contribution in [3.05, 3.63) is 64.6 Å². The molecule has 0 saturated heterocycles. The van der Waals surface area contributed by atoms with Crippen LogP contribution in [-0.4, -0.2) is 29.3 Å². The quantitative estimate of drug-likeness (QED) is 0.628. The second kappa shape index (κ2) is 5.61. The molecule has 0 saturated carbocycles. The third-order valence-corrected chi connectivity index (χ3v) is 2.79. The van der Waals surface area contributed by atoms with Gasteiger partial charge in [0.25, 0.3) is 5.56 Å². The Hall–Kier alpha value is -2.56. The van der Waals surface area contributed by atoms with Crippen LogP contribution in [0.4, 0.5) is 0 Å². The number of nitrogens with zero attached hydrogens (tertiary/aromatic N) is 2.